The van der Waals surface area contributed by atoms with Crippen LogP contribution in [0.3, 0.4) is 0 Å². The molecule has 0 aliphatic carbocycles. The molecule has 1 unspecified atom stereocenters. The van der Waals surface area contributed by atoms with Crippen molar-refractivity contribution in [3.05, 3.63) is 27.5 Å². The quantitative estimate of drug-likeness (QED) is 0.579. The second-order valence-corrected chi connectivity index (χ2v) is 4.21. The fourth-order valence-electron chi connectivity index (χ4n) is 0.878. The van der Waals surface area contributed by atoms with Crippen LogP contribution in [0.25, 0.3) is 0 Å². The molecular weight excluding hydrogens is 261 g/mol. The van der Waals surface area contributed by atoms with Gasteiger partial charge >= 0.3 is 0 Å². The fourth-order valence-corrected chi connectivity index (χ4v) is 1.68. The maximum Gasteiger partial charge on any atom is 0.133 e. The summed E-state index contributed by atoms with van der Waals surface area (Å²) >= 11 is 15.2. The van der Waals surface area contributed by atoms with Gasteiger partial charge in [0.25, 0.3) is 0 Å². The number of nitrogens with zero attached hydrogens (tertiary/aromatic N) is 1. The maximum absolute atomic E-state index is 6.02. The standard InChI is InChI=1S/C8H8BrCl2N/c1-2-7(10)6-3-5(9)4-12-8(6)11/h3-4,7H,2H2,1H3. The second kappa shape index (κ2) is 4.45. The van der Waals surface area contributed by atoms with Crippen LogP contribution >= 0.6 is 39.1 Å². The summed E-state index contributed by atoms with van der Waals surface area (Å²) in [4.78, 5) is 3.98. The monoisotopic (exact) mass is 267 g/mol. The zero-order chi connectivity index (χ0) is 9.14. The number of hydrogen-bond donors (Lipinski definition) is 0. The van der Waals surface area contributed by atoms with Gasteiger partial charge in [-0.15, -0.1) is 11.6 Å². The molecule has 0 aliphatic heterocycles. The lowest BCUT2D eigenvalue weighted by Gasteiger charge is -2.07. The van der Waals surface area contributed by atoms with E-state index in [1.54, 1.807) is 6.20 Å². The van der Waals surface area contributed by atoms with Gasteiger partial charge in [-0.25, -0.2) is 4.98 Å². The fraction of sp³-hybridized carbons (Fsp3) is 0.375. The molecule has 0 amide bonds. The molecule has 1 atom stereocenters. The first kappa shape index (κ1) is 10.3. The van der Waals surface area contributed by atoms with Crippen molar-refractivity contribution in [3.8, 4) is 0 Å². The number of aromatic nitrogens is 1. The van der Waals surface area contributed by atoms with E-state index in [0.29, 0.717) is 5.15 Å². The van der Waals surface area contributed by atoms with Crippen molar-refractivity contribution in [2.24, 2.45) is 0 Å². The van der Waals surface area contributed by atoms with Crippen LogP contribution in [0.15, 0.2) is 16.7 Å². The highest BCUT2D eigenvalue weighted by atomic mass is 79.9. The summed E-state index contributed by atoms with van der Waals surface area (Å²) < 4.78 is 0.904. The molecule has 0 aliphatic rings. The van der Waals surface area contributed by atoms with Crippen molar-refractivity contribution in [1.29, 1.82) is 0 Å². The lowest BCUT2D eigenvalue weighted by Crippen LogP contribution is -1.91. The summed E-state index contributed by atoms with van der Waals surface area (Å²) in [5.74, 6) is 0. The molecule has 0 radical (unpaired) electrons. The largest absolute Gasteiger partial charge is 0.243 e. The molecule has 0 aromatic carbocycles. The average Bonchev–Trinajstić information content (AvgIpc) is 2.08. The first-order valence-corrected chi connectivity index (χ1v) is 5.21. The Morgan fingerprint density at radius 2 is 2.33 bits per heavy atom. The lowest BCUT2D eigenvalue weighted by atomic mass is 10.2. The van der Waals surface area contributed by atoms with E-state index >= 15 is 0 Å². The number of halogens is 3. The van der Waals surface area contributed by atoms with Crippen LogP contribution in [0.1, 0.15) is 24.3 Å². The molecule has 0 saturated heterocycles. The number of rotatable bonds is 2. The summed E-state index contributed by atoms with van der Waals surface area (Å²) in [7, 11) is 0. The maximum atomic E-state index is 6.02. The molecule has 1 heterocycles. The van der Waals surface area contributed by atoms with E-state index in [1.165, 1.54) is 0 Å². The predicted molar refractivity (Wildman–Crippen MR) is 55.8 cm³/mol. The van der Waals surface area contributed by atoms with Gasteiger partial charge in [0.05, 0.1) is 5.38 Å². The Morgan fingerprint density at radius 1 is 1.67 bits per heavy atom. The number of alkyl halides is 1. The SMILES string of the molecule is CCC(Cl)c1cc(Br)cnc1Cl. The molecule has 1 aromatic rings. The van der Waals surface area contributed by atoms with E-state index in [4.69, 9.17) is 23.2 Å². The summed E-state index contributed by atoms with van der Waals surface area (Å²) in [6.45, 7) is 2.01. The van der Waals surface area contributed by atoms with Gasteiger partial charge in [-0.3, -0.25) is 0 Å². The van der Waals surface area contributed by atoms with Gasteiger partial charge in [0.1, 0.15) is 5.15 Å². The smallest absolute Gasteiger partial charge is 0.133 e. The molecule has 1 aromatic heterocycles. The third-order valence-corrected chi connectivity index (χ3v) is 2.82. The van der Waals surface area contributed by atoms with E-state index in [-0.39, 0.29) is 5.38 Å². The zero-order valence-electron chi connectivity index (χ0n) is 6.52. The molecule has 66 valence electrons. The van der Waals surface area contributed by atoms with Gasteiger partial charge in [0.2, 0.25) is 0 Å². The highest BCUT2D eigenvalue weighted by Gasteiger charge is 2.10. The Balaban J connectivity index is 3.04. The van der Waals surface area contributed by atoms with E-state index < -0.39 is 0 Å². The van der Waals surface area contributed by atoms with Gasteiger partial charge in [-0.2, -0.15) is 0 Å². The summed E-state index contributed by atoms with van der Waals surface area (Å²) in [5, 5.41) is 0.433. The molecular formula is C8H8BrCl2N. The minimum atomic E-state index is -0.0532. The molecule has 1 rings (SSSR count). The first-order chi connectivity index (χ1) is 5.65. The van der Waals surface area contributed by atoms with Gasteiger partial charge in [0.15, 0.2) is 0 Å². The van der Waals surface area contributed by atoms with Crippen molar-refractivity contribution in [2.75, 3.05) is 0 Å². The van der Waals surface area contributed by atoms with E-state index in [0.717, 1.165) is 16.5 Å². The zero-order valence-corrected chi connectivity index (χ0v) is 9.62. The molecule has 0 N–H and O–H groups in total. The number of pyridine rings is 1. The van der Waals surface area contributed by atoms with Crippen molar-refractivity contribution in [2.45, 2.75) is 18.7 Å². The summed E-state index contributed by atoms with van der Waals surface area (Å²) in [6, 6.07) is 1.90. The first-order valence-electron chi connectivity index (χ1n) is 3.60. The minimum Gasteiger partial charge on any atom is -0.243 e. The van der Waals surface area contributed by atoms with Gasteiger partial charge < -0.3 is 0 Å². The molecule has 4 heteroatoms. The molecule has 0 fully saturated rings. The summed E-state index contributed by atoms with van der Waals surface area (Å²) in [6.07, 6.45) is 2.50. The van der Waals surface area contributed by atoms with Crippen LogP contribution in [-0.2, 0) is 0 Å². The van der Waals surface area contributed by atoms with E-state index in [9.17, 15) is 0 Å². The Hall–Kier alpha value is 0.210. The third-order valence-electron chi connectivity index (χ3n) is 1.53. The highest BCUT2D eigenvalue weighted by molar-refractivity contribution is 9.10. The Morgan fingerprint density at radius 3 is 2.92 bits per heavy atom. The van der Waals surface area contributed by atoms with Crippen molar-refractivity contribution >= 4 is 39.1 Å². The Labute approximate surface area is 90.2 Å². The summed E-state index contributed by atoms with van der Waals surface area (Å²) in [5.41, 5.74) is 0.884. The second-order valence-electron chi connectivity index (χ2n) is 2.41. The molecule has 0 saturated carbocycles. The average molecular weight is 269 g/mol. The van der Waals surface area contributed by atoms with Crippen LogP contribution in [0, 0.1) is 0 Å². The van der Waals surface area contributed by atoms with Crippen LogP contribution < -0.4 is 0 Å². The van der Waals surface area contributed by atoms with E-state index in [2.05, 4.69) is 20.9 Å². The molecule has 12 heavy (non-hydrogen) atoms. The Bertz CT molecular complexity index is 278. The Kier molecular flexibility index (Phi) is 3.81. The van der Waals surface area contributed by atoms with Crippen molar-refractivity contribution in [1.82, 2.24) is 4.98 Å². The molecule has 0 spiro atoms. The van der Waals surface area contributed by atoms with Gasteiger partial charge in [-0.1, -0.05) is 18.5 Å². The van der Waals surface area contributed by atoms with Crippen molar-refractivity contribution in [3.63, 3.8) is 0 Å². The van der Waals surface area contributed by atoms with Crippen molar-refractivity contribution < 1.29 is 0 Å². The lowest BCUT2D eigenvalue weighted by molar-refractivity contribution is 0.876. The number of hydrogen-bond acceptors (Lipinski definition) is 1. The minimum absolute atomic E-state index is 0.0532. The topological polar surface area (TPSA) is 12.9 Å². The molecule has 1 nitrogen and oxygen atoms in total. The molecule has 0 bridgehead atoms. The predicted octanol–water partition coefficient (Wildman–Crippen LogP) is 4.19. The van der Waals surface area contributed by atoms with E-state index in [1.807, 2.05) is 13.0 Å². The highest BCUT2D eigenvalue weighted by Crippen LogP contribution is 2.30. The normalized spacial score (nSPS) is 13.0. The van der Waals surface area contributed by atoms with Crippen LogP contribution in [0.2, 0.25) is 5.15 Å². The van der Waals surface area contributed by atoms with Crippen LogP contribution in [-0.4, -0.2) is 4.98 Å². The van der Waals surface area contributed by atoms with Crippen LogP contribution in [0.5, 0.6) is 0 Å². The van der Waals surface area contributed by atoms with Crippen LogP contribution in [0.4, 0.5) is 0 Å². The third kappa shape index (κ3) is 2.35. The van der Waals surface area contributed by atoms with Gasteiger partial charge in [-0.05, 0) is 28.4 Å². The van der Waals surface area contributed by atoms with Gasteiger partial charge in [0, 0.05) is 16.2 Å².